The van der Waals surface area contributed by atoms with Crippen LogP contribution in [-0.4, -0.2) is 31.5 Å². The van der Waals surface area contributed by atoms with Crippen LogP contribution in [0.2, 0.25) is 5.02 Å². The van der Waals surface area contributed by atoms with Crippen LogP contribution in [-0.2, 0) is 40.3 Å². The molecular weight excluding hydrogens is 596 g/mol. The molecule has 0 aliphatic carbocycles. The third-order valence-corrected chi connectivity index (χ3v) is 9.66. The lowest BCUT2D eigenvalue weighted by molar-refractivity contribution is -0.235. The van der Waals surface area contributed by atoms with Crippen molar-refractivity contribution in [2.75, 3.05) is 13.2 Å². The number of benzene rings is 4. The van der Waals surface area contributed by atoms with Crippen LogP contribution >= 0.6 is 11.6 Å². The molecule has 2 aliphatic rings. The summed E-state index contributed by atoms with van der Waals surface area (Å²) in [7, 11) is 0. The molecule has 6 heteroatoms. The van der Waals surface area contributed by atoms with Crippen LogP contribution in [0.3, 0.4) is 0 Å². The van der Waals surface area contributed by atoms with Crippen molar-refractivity contribution >= 4 is 11.6 Å². The van der Waals surface area contributed by atoms with Gasteiger partial charge < -0.3 is 23.7 Å². The molecule has 0 bridgehead atoms. The van der Waals surface area contributed by atoms with E-state index in [1.54, 1.807) is 0 Å². The fraction of sp³-hybridized carbons (Fsp3) is 0.400. The first kappa shape index (κ1) is 32.6. The first-order chi connectivity index (χ1) is 22.6. The molecule has 4 aromatic rings. The van der Waals surface area contributed by atoms with Crippen molar-refractivity contribution in [1.82, 2.24) is 0 Å². The van der Waals surface area contributed by atoms with Crippen LogP contribution in [0.15, 0.2) is 91.0 Å². The van der Waals surface area contributed by atoms with E-state index in [9.17, 15) is 0 Å². The molecule has 0 radical (unpaired) electrons. The maximum absolute atomic E-state index is 7.17. The fourth-order valence-electron chi connectivity index (χ4n) is 6.78. The van der Waals surface area contributed by atoms with E-state index in [1.165, 1.54) is 5.56 Å². The predicted octanol–water partition coefficient (Wildman–Crippen LogP) is 9.31. The van der Waals surface area contributed by atoms with Gasteiger partial charge in [0.2, 0.25) is 0 Å². The Morgan fingerprint density at radius 2 is 1.46 bits per heavy atom. The molecule has 2 aliphatic heterocycles. The summed E-state index contributed by atoms with van der Waals surface area (Å²) in [4.78, 5) is 0. The van der Waals surface area contributed by atoms with Gasteiger partial charge in [0.1, 0.15) is 23.7 Å². The summed E-state index contributed by atoms with van der Waals surface area (Å²) < 4.78 is 32.8. The van der Waals surface area contributed by atoms with E-state index < -0.39 is 6.10 Å². The average molecular weight is 641 g/mol. The van der Waals surface area contributed by atoms with E-state index in [2.05, 4.69) is 68.4 Å². The largest absolute Gasteiger partial charge is 0.494 e. The highest BCUT2D eigenvalue weighted by Crippen LogP contribution is 2.47. The van der Waals surface area contributed by atoms with E-state index in [0.29, 0.717) is 32.8 Å². The Kier molecular flexibility index (Phi) is 11.0. The van der Waals surface area contributed by atoms with Crippen molar-refractivity contribution in [2.24, 2.45) is 5.92 Å². The van der Waals surface area contributed by atoms with Crippen LogP contribution < -0.4 is 9.47 Å². The number of halogens is 1. The van der Waals surface area contributed by atoms with Crippen molar-refractivity contribution in [3.05, 3.63) is 129 Å². The molecule has 0 amide bonds. The standard InChI is InChI=1S/C40H45ClO5/c1-4-35-27(3)37(44-25-29-13-8-6-9-14-29)40(45-26-30-15-10-7-11-16-30)39(46-35)34-24-31(36(41)33-17-12-22-43-38(33)34)23-28-18-20-32(21-19-28)42-5-2/h6-11,13-16,18-21,24,27,35,37,39-40H,4-5,12,17,22-23,25-26H2,1-3H3/t27-,35-,37+,39+,40-/m1/s1. The topological polar surface area (TPSA) is 46.2 Å². The van der Waals surface area contributed by atoms with Crippen LogP contribution in [0.4, 0.5) is 0 Å². The molecule has 6 rings (SSSR count). The minimum absolute atomic E-state index is 0.00757. The molecule has 46 heavy (non-hydrogen) atoms. The summed E-state index contributed by atoms with van der Waals surface area (Å²) in [5.74, 6) is 1.83. The molecule has 0 unspecified atom stereocenters. The molecule has 0 N–H and O–H groups in total. The van der Waals surface area contributed by atoms with Gasteiger partial charge in [-0.3, -0.25) is 0 Å². The van der Waals surface area contributed by atoms with E-state index >= 15 is 0 Å². The molecule has 0 spiro atoms. The molecule has 242 valence electrons. The number of rotatable bonds is 12. The van der Waals surface area contributed by atoms with E-state index in [0.717, 1.165) is 63.6 Å². The summed E-state index contributed by atoms with van der Waals surface area (Å²) in [5, 5.41) is 0.780. The lowest BCUT2D eigenvalue weighted by Crippen LogP contribution is -2.52. The summed E-state index contributed by atoms with van der Waals surface area (Å²) in [6.45, 7) is 8.65. The number of hydrogen-bond acceptors (Lipinski definition) is 5. The van der Waals surface area contributed by atoms with Gasteiger partial charge in [0.25, 0.3) is 0 Å². The first-order valence-electron chi connectivity index (χ1n) is 16.7. The number of fused-ring (bicyclic) bond motifs is 1. The highest BCUT2D eigenvalue weighted by Gasteiger charge is 2.47. The van der Waals surface area contributed by atoms with Gasteiger partial charge in [-0.1, -0.05) is 98.2 Å². The second kappa shape index (κ2) is 15.5. The van der Waals surface area contributed by atoms with Gasteiger partial charge in [0, 0.05) is 17.0 Å². The minimum Gasteiger partial charge on any atom is -0.494 e. The Hall–Kier alpha value is -3.35. The summed E-state index contributed by atoms with van der Waals surface area (Å²) in [5.41, 5.74) is 6.53. The van der Waals surface area contributed by atoms with Crippen molar-refractivity contribution in [3.63, 3.8) is 0 Å². The third kappa shape index (κ3) is 7.44. The summed E-state index contributed by atoms with van der Waals surface area (Å²) in [6.07, 6.45) is 2.38. The molecule has 1 fully saturated rings. The number of hydrogen-bond donors (Lipinski definition) is 0. The van der Waals surface area contributed by atoms with Crippen LogP contribution in [0.5, 0.6) is 11.5 Å². The highest BCUT2D eigenvalue weighted by atomic mass is 35.5. The van der Waals surface area contributed by atoms with Gasteiger partial charge in [-0.25, -0.2) is 0 Å². The van der Waals surface area contributed by atoms with Gasteiger partial charge in [-0.15, -0.1) is 0 Å². The molecule has 2 heterocycles. The van der Waals surface area contributed by atoms with Gasteiger partial charge in [0.05, 0.1) is 43.7 Å². The monoisotopic (exact) mass is 640 g/mol. The quantitative estimate of drug-likeness (QED) is 0.154. The van der Waals surface area contributed by atoms with E-state index in [-0.39, 0.29) is 24.2 Å². The number of ether oxygens (including phenoxy) is 5. The predicted molar refractivity (Wildman–Crippen MR) is 183 cm³/mol. The fourth-order valence-corrected chi connectivity index (χ4v) is 7.09. The second-order valence-electron chi connectivity index (χ2n) is 12.3. The molecule has 4 aromatic carbocycles. The summed E-state index contributed by atoms with van der Waals surface area (Å²) >= 11 is 7.17. The van der Waals surface area contributed by atoms with E-state index in [1.807, 2.05) is 43.3 Å². The maximum atomic E-state index is 7.17. The lowest BCUT2D eigenvalue weighted by Gasteiger charge is -2.46. The Morgan fingerprint density at radius 1 is 0.804 bits per heavy atom. The Balaban J connectivity index is 1.39. The molecular formula is C40H45ClO5. The Morgan fingerprint density at radius 3 is 2.09 bits per heavy atom. The van der Waals surface area contributed by atoms with Crippen molar-refractivity contribution in [3.8, 4) is 11.5 Å². The van der Waals surface area contributed by atoms with E-state index in [4.69, 9.17) is 35.3 Å². The zero-order valence-electron chi connectivity index (χ0n) is 27.1. The second-order valence-corrected chi connectivity index (χ2v) is 12.7. The lowest BCUT2D eigenvalue weighted by atomic mass is 9.82. The minimum atomic E-state index is -0.395. The highest BCUT2D eigenvalue weighted by molar-refractivity contribution is 6.32. The van der Waals surface area contributed by atoms with Crippen LogP contribution in [0, 0.1) is 5.92 Å². The average Bonchev–Trinajstić information content (AvgIpc) is 3.10. The SMILES string of the molecule is CCOc1ccc(Cc2cc([C@@H]3O[C@H](CC)[C@@H](C)[C@H](OCc4ccccc4)[C@H]3OCc3ccccc3)c3c(c2Cl)CCCO3)cc1. The first-order valence-corrected chi connectivity index (χ1v) is 17.1. The third-order valence-electron chi connectivity index (χ3n) is 9.19. The Labute approximate surface area is 278 Å². The maximum Gasteiger partial charge on any atom is 0.129 e. The molecule has 5 atom stereocenters. The normalized spacial score (nSPS) is 22.6. The molecule has 0 saturated carbocycles. The van der Waals surface area contributed by atoms with Crippen LogP contribution in [0.1, 0.15) is 73.1 Å². The van der Waals surface area contributed by atoms with Crippen molar-refractivity contribution in [1.29, 1.82) is 0 Å². The smallest absolute Gasteiger partial charge is 0.129 e. The zero-order valence-corrected chi connectivity index (χ0v) is 27.9. The van der Waals surface area contributed by atoms with Crippen molar-refractivity contribution < 1.29 is 23.7 Å². The molecule has 0 aromatic heterocycles. The van der Waals surface area contributed by atoms with Gasteiger partial charge in [-0.05, 0) is 73.1 Å². The van der Waals surface area contributed by atoms with Gasteiger partial charge in [0.15, 0.2) is 0 Å². The zero-order chi connectivity index (χ0) is 31.9. The van der Waals surface area contributed by atoms with Gasteiger partial charge in [-0.2, -0.15) is 0 Å². The molecule has 1 saturated heterocycles. The molecule has 5 nitrogen and oxygen atoms in total. The van der Waals surface area contributed by atoms with Gasteiger partial charge >= 0.3 is 0 Å². The Bertz CT molecular complexity index is 1540. The van der Waals surface area contributed by atoms with Crippen LogP contribution in [0.25, 0.3) is 0 Å². The summed E-state index contributed by atoms with van der Waals surface area (Å²) in [6, 6.07) is 31.1. The van der Waals surface area contributed by atoms with Crippen molar-refractivity contribution in [2.45, 2.75) is 84.1 Å².